The predicted molar refractivity (Wildman–Crippen MR) is 124 cm³/mol. The van der Waals surface area contributed by atoms with Crippen molar-refractivity contribution in [2.75, 3.05) is 24.2 Å². The van der Waals surface area contributed by atoms with Gasteiger partial charge in [0.1, 0.15) is 5.69 Å². The first-order valence-corrected chi connectivity index (χ1v) is 13.2. The van der Waals surface area contributed by atoms with Crippen LogP contribution in [-0.4, -0.2) is 63.4 Å². The minimum absolute atomic E-state index is 0.0220. The number of anilines is 1. The Balaban J connectivity index is 1.42. The molecule has 4 rings (SSSR count). The van der Waals surface area contributed by atoms with E-state index in [1.807, 2.05) is 19.9 Å². The molecule has 3 aromatic rings. The second-order valence-electron chi connectivity index (χ2n) is 8.28. The highest BCUT2D eigenvalue weighted by molar-refractivity contribution is 7.89. The molecule has 35 heavy (non-hydrogen) atoms. The minimum atomic E-state index is -4.78. The normalized spacial score (nSPS) is 15.9. The Kier molecular flexibility index (Phi) is 6.97. The Labute approximate surface area is 204 Å². The summed E-state index contributed by atoms with van der Waals surface area (Å²) in [5.74, 6) is -1.97. The van der Waals surface area contributed by atoms with Gasteiger partial charge in [0.15, 0.2) is 11.6 Å². The summed E-state index contributed by atoms with van der Waals surface area (Å²) in [5.41, 5.74) is 2.32. The number of sulfonamides is 1. The summed E-state index contributed by atoms with van der Waals surface area (Å²) in [4.78, 5) is 21.6. The molecule has 1 N–H and O–H groups in total. The van der Waals surface area contributed by atoms with E-state index in [-0.39, 0.29) is 24.7 Å². The molecule has 1 amide bonds. The number of aryl methyl sites for hydroxylation is 2. The molecule has 188 valence electrons. The molecule has 0 aliphatic carbocycles. The number of pyridine rings is 1. The van der Waals surface area contributed by atoms with Crippen molar-refractivity contribution in [1.82, 2.24) is 24.1 Å². The number of carbonyl (C=O) groups is 1. The minimum Gasteiger partial charge on any atom is -0.317 e. The van der Waals surface area contributed by atoms with E-state index in [1.165, 1.54) is 11.3 Å². The number of rotatable bonds is 6. The van der Waals surface area contributed by atoms with Crippen molar-refractivity contribution in [3.8, 4) is 5.82 Å². The number of aromatic nitrogens is 4. The molecule has 0 radical (unpaired) electrons. The van der Waals surface area contributed by atoms with Gasteiger partial charge in [0.25, 0.3) is 5.91 Å². The van der Waals surface area contributed by atoms with Gasteiger partial charge in [-0.25, -0.2) is 27.4 Å². The van der Waals surface area contributed by atoms with E-state index in [2.05, 4.69) is 20.4 Å². The molecule has 1 saturated heterocycles. The summed E-state index contributed by atoms with van der Waals surface area (Å²) in [7, 11) is -4.40. The first-order chi connectivity index (χ1) is 16.4. The number of hydrogen-bond donors (Lipinski definition) is 1. The number of alkyl halides is 3. The summed E-state index contributed by atoms with van der Waals surface area (Å²) in [6, 6.07) is 5.30. The number of hydrogen-bond acceptors (Lipinski definition) is 7. The Hall–Kier alpha value is -2.84. The van der Waals surface area contributed by atoms with Crippen LogP contribution in [0.1, 0.15) is 45.6 Å². The second-order valence-corrected chi connectivity index (χ2v) is 11.1. The fourth-order valence-electron chi connectivity index (χ4n) is 3.95. The van der Waals surface area contributed by atoms with Crippen LogP contribution in [0.4, 0.5) is 18.9 Å². The topological polar surface area (TPSA) is 110 Å². The molecule has 3 aromatic heterocycles. The van der Waals surface area contributed by atoms with E-state index in [0.29, 0.717) is 29.4 Å². The van der Waals surface area contributed by atoms with Crippen LogP contribution >= 0.6 is 11.3 Å². The van der Waals surface area contributed by atoms with Gasteiger partial charge in [-0.2, -0.15) is 18.3 Å². The zero-order valence-electron chi connectivity index (χ0n) is 18.9. The van der Waals surface area contributed by atoms with Gasteiger partial charge in [-0.15, -0.1) is 11.3 Å². The first-order valence-electron chi connectivity index (χ1n) is 10.7. The summed E-state index contributed by atoms with van der Waals surface area (Å²) in [5, 5.41) is 9.48. The summed E-state index contributed by atoms with van der Waals surface area (Å²) in [6.45, 7) is 3.70. The molecule has 0 saturated carbocycles. The highest BCUT2D eigenvalue weighted by atomic mass is 32.2. The lowest BCUT2D eigenvalue weighted by molar-refractivity contribution is -0.107. The van der Waals surface area contributed by atoms with Crippen LogP contribution in [-0.2, 0) is 10.0 Å². The Morgan fingerprint density at radius 3 is 2.60 bits per heavy atom. The van der Waals surface area contributed by atoms with Crippen LogP contribution in [0.3, 0.4) is 0 Å². The third kappa shape index (κ3) is 5.87. The van der Waals surface area contributed by atoms with Gasteiger partial charge in [-0.1, -0.05) is 0 Å². The molecular formula is C21H23F3N6O3S2. The largest absolute Gasteiger partial charge is 0.404 e. The van der Waals surface area contributed by atoms with Gasteiger partial charge >= 0.3 is 6.18 Å². The Morgan fingerprint density at radius 2 is 1.97 bits per heavy atom. The Bertz CT molecular complexity index is 1330. The van der Waals surface area contributed by atoms with Crippen LogP contribution in [0.5, 0.6) is 0 Å². The quantitative estimate of drug-likeness (QED) is 0.523. The van der Waals surface area contributed by atoms with E-state index in [9.17, 15) is 26.4 Å². The molecule has 4 heterocycles. The van der Waals surface area contributed by atoms with Crippen LogP contribution in [0, 0.1) is 13.8 Å². The summed E-state index contributed by atoms with van der Waals surface area (Å²) in [6.07, 6.45) is -2.52. The fraction of sp³-hybridized carbons (Fsp3) is 0.429. The number of halogens is 3. The van der Waals surface area contributed by atoms with Gasteiger partial charge in [0.05, 0.1) is 16.4 Å². The second kappa shape index (κ2) is 9.66. The maximum absolute atomic E-state index is 12.9. The van der Waals surface area contributed by atoms with Crippen LogP contribution in [0.25, 0.3) is 5.82 Å². The molecule has 0 aromatic carbocycles. The average Bonchev–Trinajstić information content (AvgIpc) is 3.39. The number of nitrogens with zero attached hydrogens (tertiary/aromatic N) is 5. The van der Waals surface area contributed by atoms with E-state index in [1.54, 1.807) is 28.4 Å². The number of nitrogens with one attached hydrogen (secondary N) is 1. The van der Waals surface area contributed by atoms with E-state index in [0.717, 1.165) is 15.7 Å². The van der Waals surface area contributed by atoms with Crippen molar-refractivity contribution in [2.45, 2.75) is 38.8 Å². The third-order valence-electron chi connectivity index (χ3n) is 5.54. The monoisotopic (exact) mass is 528 g/mol. The summed E-state index contributed by atoms with van der Waals surface area (Å²) >= 11 is 1.27. The zero-order chi connectivity index (χ0) is 25.4. The van der Waals surface area contributed by atoms with E-state index < -0.39 is 27.9 Å². The lowest BCUT2D eigenvalue weighted by Crippen LogP contribution is -2.42. The molecular weight excluding hydrogens is 505 g/mol. The van der Waals surface area contributed by atoms with Gasteiger partial charge in [-0.3, -0.25) is 4.79 Å². The zero-order valence-corrected chi connectivity index (χ0v) is 20.5. The lowest BCUT2D eigenvalue weighted by atomic mass is 9.99. The smallest absolute Gasteiger partial charge is 0.317 e. The SMILES string of the molecule is Cc1cc(C)n(-c2ncccc2NC(=O)c2csc(C3CCN(S(=O)(=O)CC(F)(F)F)CC3)n2)n1. The molecule has 1 aliphatic heterocycles. The molecule has 1 aliphatic rings. The molecule has 9 nitrogen and oxygen atoms in total. The molecule has 1 fully saturated rings. The van der Waals surface area contributed by atoms with E-state index >= 15 is 0 Å². The van der Waals surface area contributed by atoms with Crippen molar-refractivity contribution in [3.05, 3.63) is 51.9 Å². The van der Waals surface area contributed by atoms with Gasteiger partial charge < -0.3 is 5.32 Å². The van der Waals surface area contributed by atoms with Gasteiger partial charge in [0.2, 0.25) is 10.0 Å². The van der Waals surface area contributed by atoms with Crippen LogP contribution < -0.4 is 5.32 Å². The van der Waals surface area contributed by atoms with Crippen molar-refractivity contribution in [1.29, 1.82) is 0 Å². The summed E-state index contributed by atoms with van der Waals surface area (Å²) < 4.78 is 64.2. The third-order valence-corrected chi connectivity index (χ3v) is 8.39. The van der Waals surface area contributed by atoms with Crippen molar-refractivity contribution in [2.24, 2.45) is 0 Å². The average molecular weight is 529 g/mol. The van der Waals surface area contributed by atoms with Gasteiger partial charge in [0, 0.05) is 36.3 Å². The van der Waals surface area contributed by atoms with E-state index in [4.69, 9.17) is 0 Å². The maximum atomic E-state index is 12.9. The fourth-order valence-corrected chi connectivity index (χ4v) is 6.29. The number of carbonyl (C=O) groups excluding carboxylic acids is 1. The van der Waals surface area contributed by atoms with Crippen LogP contribution in [0.15, 0.2) is 29.8 Å². The standard InChI is InChI=1S/C21H23F3N6O3S2/c1-13-10-14(2)30(28-13)18-16(4-3-7-25-18)26-19(31)17-11-34-20(27-17)15-5-8-29(9-6-15)35(32,33)12-21(22,23)24/h3-4,7,10-11,15H,5-6,8-9,12H2,1-2H3,(H,26,31). The number of amides is 1. The van der Waals surface area contributed by atoms with Crippen molar-refractivity contribution in [3.63, 3.8) is 0 Å². The van der Waals surface area contributed by atoms with Crippen molar-refractivity contribution >= 4 is 33.0 Å². The Morgan fingerprint density at radius 1 is 1.26 bits per heavy atom. The highest BCUT2D eigenvalue weighted by Crippen LogP contribution is 2.32. The first kappa shape index (κ1) is 25.3. The molecule has 0 unspecified atom stereocenters. The lowest BCUT2D eigenvalue weighted by Gasteiger charge is -2.30. The van der Waals surface area contributed by atoms with Gasteiger partial charge in [-0.05, 0) is 44.9 Å². The maximum Gasteiger partial charge on any atom is 0.404 e. The van der Waals surface area contributed by atoms with Crippen molar-refractivity contribution < 1.29 is 26.4 Å². The molecule has 0 bridgehead atoms. The number of thiazole rings is 1. The molecule has 0 spiro atoms. The van der Waals surface area contributed by atoms with Crippen LogP contribution in [0.2, 0.25) is 0 Å². The molecule has 0 atom stereocenters. The predicted octanol–water partition coefficient (Wildman–Crippen LogP) is 3.66. The highest BCUT2D eigenvalue weighted by Gasteiger charge is 2.39. The number of piperidine rings is 1. The molecule has 14 heteroatoms.